The van der Waals surface area contributed by atoms with E-state index in [2.05, 4.69) is 5.32 Å². The third kappa shape index (κ3) is 3.38. The molecule has 2 rings (SSSR count). The second-order valence-electron chi connectivity index (χ2n) is 4.48. The van der Waals surface area contributed by atoms with E-state index in [-0.39, 0.29) is 5.56 Å². The van der Waals surface area contributed by atoms with Crippen LogP contribution in [0.5, 0.6) is 0 Å². The van der Waals surface area contributed by atoms with E-state index >= 15 is 0 Å². The Hall–Kier alpha value is -1.74. The number of anilines is 1. The summed E-state index contributed by atoms with van der Waals surface area (Å²) in [6.45, 7) is 2.03. The van der Waals surface area contributed by atoms with Crippen molar-refractivity contribution in [1.82, 2.24) is 0 Å². The van der Waals surface area contributed by atoms with Gasteiger partial charge in [-0.15, -0.1) is 0 Å². The lowest BCUT2D eigenvalue weighted by atomic mass is 10.1. The number of hydrogen-bond donors (Lipinski definition) is 1. The van der Waals surface area contributed by atoms with E-state index in [4.69, 9.17) is 10.00 Å². The number of halogens is 3. The first-order valence-electron chi connectivity index (χ1n) is 5.93. The standard InChI is InChI=1S/C13H13F3N2O/c14-13(15,16)12-2-1-11(5-10(12)6-17)18-7-9-3-4-19-8-9/h1-2,5,9,18H,3-4,7-8H2. The highest BCUT2D eigenvalue weighted by Gasteiger charge is 2.33. The Bertz CT molecular complexity index is 488. The Morgan fingerprint density at radius 1 is 1.42 bits per heavy atom. The zero-order chi connectivity index (χ0) is 13.9. The molecule has 1 unspecified atom stereocenters. The van der Waals surface area contributed by atoms with Gasteiger partial charge >= 0.3 is 6.18 Å². The number of ether oxygens (including phenoxy) is 1. The Labute approximate surface area is 109 Å². The van der Waals surface area contributed by atoms with Crippen LogP contribution >= 0.6 is 0 Å². The number of rotatable bonds is 3. The summed E-state index contributed by atoms with van der Waals surface area (Å²) in [6, 6.07) is 5.10. The van der Waals surface area contributed by atoms with Crippen LogP contribution in [0.3, 0.4) is 0 Å². The van der Waals surface area contributed by atoms with Crippen LogP contribution in [0.2, 0.25) is 0 Å². The highest BCUT2D eigenvalue weighted by atomic mass is 19.4. The number of nitrogens with one attached hydrogen (secondary N) is 1. The summed E-state index contributed by atoms with van der Waals surface area (Å²) in [5.74, 6) is 0.368. The van der Waals surface area contributed by atoms with Gasteiger partial charge in [0.15, 0.2) is 0 Å². The van der Waals surface area contributed by atoms with Gasteiger partial charge in [-0.1, -0.05) is 0 Å². The minimum Gasteiger partial charge on any atom is -0.385 e. The topological polar surface area (TPSA) is 45.0 Å². The minimum absolute atomic E-state index is 0.361. The largest absolute Gasteiger partial charge is 0.417 e. The predicted molar refractivity (Wildman–Crippen MR) is 63.6 cm³/mol. The summed E-state index contributed by atoms with van der Waals surface area (Å²) in [6.07, 6.45) is -3.55. The number of benzene rings is 1. The lowest BCUT2D eigenvalue weighted by Gasteiger charge is -2.13. The Balaban J connectivity index is 2.08. The van der Waals surface area contributed by atoms with E-state index in [1.807, 2.05) is 0 Å². The molecule has 1 N–H and O–H groups in total. The molecule has 1 heterocycles. The number of nitriles is 1. The van der Waals surface area contributed by atoms with Crippen molar-refractivity contribution in [2.45, 2.75) is 12.6 Å². The van der Waals surface area contributed by atoms with Crippen molar-refractivity contribution in [3.8, 4) is 6.07 Å². The van der Waals surface area contributed by atoms with E-state index in [9.17, 15) is 13.2 Å². The molecule has 3 nitrogen and oxygen atoms in total. The van der Waals surface area contributed by atoms with Gasteiger partial charge in [0.1, 0.15) is 0 Å². The minimum atomic E-state index is -4.50. The third-order valence-corrected chi connectivity index (χ3v) is 3.06. The lowest BCUT2D eigenvalue weighted by molar-refractivity contribution is -0.137. The van der Waals surface area contributed by atoms with Crippen molar-refractivity contribution < 1.29 is 17.9 Å². The lowest BCUT2D eigenvalue weighted by Crippen LogP contribution is -2.15. The molecule has 0 aromatic heterocycles. The number of alkyl halides is 3. The van der Waals surface area contributed by atoms with E-state index < -0.39 is 11.7 Å². The molecule has 102 valence electrons. The van der Waals surface area contributed by atoms with Crippen LogP contribution in [0.25, 0.3) is 0 Å². The molecule has 0 saturated carbocycles. The fourth-order valence-corrected chi connectivity index (χ4v) is 2.00. The Morgan fingerprint density at radius 3 is 2.79 bits per heavy atom. The second-order valence-corrected chi connectivity index (χ2v) is 4.48. The summed E-state index contributed by atoms with van der Waals surface area (Å²) in [5, 5.41) is 11.8. The van der Waals surface area contributed by atoms with E-state index in [1.165, 1.54) is 12.1 Å². The summed E-state index contributed by atoms with van der Waals surface area (Å²) >= 11 is 0. The fraction of sp³-hybridized carbons (Fsp3) is 0.462. The number of nitrogens with zero attached hydrogens (tertiary/aromatic N) is 1. The maximum atomic E-state index is 12.6. The molecule has 1 aromatic carbocycles. The Kier molecular flexibility index (Phi) is 3.96. The van der Waals surface area contributed by atoms with Crippen molar-refractivity contribution in [1.29, 1.82) is 5.26 Å². The predicted octanol–water partition coefficient (Wildman–Crippen LogP) is 3.03. The molecule has 0 radical (unpaired) electrons. The molecular weight excluding hydrogens is 257 g/mol. The summed E-state index contributed by atoms with van der Waals surface area (Å²) < 4.78 is 43.0. The van der Waals surface area contributed by atoms with E-state index in [1.54, 1.807) is 6.07 Å². The SMILES string of the molecule is N#Cc1cc(NCC2CCOC2)ccc1C(F)(F)F. The van der Waals surface area contributed by atoms with Crippen molar-refractivity contribution in [2.75, 3.05) is 25.1 Å². The number of hydrogen-bond acceptors (Lipinski definition) is 3. The van der Waals surface area contributed by atoms with Crippen molar-refractivity contribution in [3.05, 3.63) is 29.3 Å². The van der Waals surface area contributed by atoms with Gasteiger partial charge in [-0.25, -0.2) is 0 Å². The zero-order valence-corrected chi connectivity index (χ0v) is 10.1. The van der Waals surface area contributed by atoms with E-state index in [0.717, 1.165) is 19.1 Å². The van der Waals surface area contributed by atoms with Gasteiger partial charge in [0.25, 0.3) is 0 Å². The summed E-state index contributed by atoms with van der Waals surface area (Å²) in [4.78, 5) is 0. The third-order valence-electron chi connectivity index (χ3n) is 3.06. The molecule has 19 heavy (non-hydrogen) atoms. The molecule has 1 saturated heterocycles. The van der Waals surface area contributed by atoms with Gasteiger partial charge in [0.05, 0.1) is 23.8 Å². The smallest absolute Gasteiger partial charge is 0.385 e. The van der Waals surface area contributed by atoms with Crippen LogP contribution in [0.15, 0.2) is 18.2 Å². The molecule has 1 fully saturated rings. The van der Waals surface area contributed by atoms with Gasteiger partial charge in [0.2, 0.25) is 0 Å². The molecular formula is C13H13F3N2O. The first-order valence-corrected chi connectivity index (χ1v) is 5.93. The first-order chi connectivity index (χ1) is 9.00. The molecule has 0 bridgehead atoms. The van der Waals surface area contributed by atoms with Crippen molar-refractivity contribution in [3.63, 3.8) is 0 Å². The van der Waals surface area contributed by atoms with Gasteiger partial charge in [0, 0.05) is 24.8 Å². The molecule has 1 atom stereocenters. The molecule has 0 spiro atoms. The second kappa shape index (κ2) is 5.49. The van der Waals surface area contributed by atoms with Gasteiger partial charge in [-0.3, -0.25) is 0 Å². The molecule has 0 aliphatic carbocycles. The molecule has 1 aromatic rings. The van der Waals surface area contributed by atoms with Gasteiger partial charge in [-0.2, -0.15) is 18.4 Å². The zero-order valence-electron chi connectivity index (χ0n) is 10.1. The summed E-state index contributed by atoms with van der Waals surface area (Å²) in [7, 11) is 0. The maximum absolute atomic E-state index is 12.6. The van der Waals surface area contributed by atoms with Gasteiger partial charge < -0.3 is 10.1 Å². The average molecular weight is 270 g/mol. The molecule has 1 aliphatic heterocycles. The molecule has 6 heteroatoms. The van der Waals surface area contributed by atoms with Crippen LogP contribution in [0.4, 0.5) is 18.9 Å². The molecule has 0 amide bonds. The van der Waals surface area contributed by atoms with E-state index in [0.29, 0.717) is 24.8 Å². The van der Waals surface area contributed by atoms with Crippen molar-refractivity contribution >= 4 is 5.69 Å². The average Bonchev–Trinajstić information content (AvgIpc) is 2.88. The highest BCUT2D eigenvalue weighted by molar-refractivity contribution is 5.53. The molecule has 1 aliphatic rings. The first kappa shape index (κ1) is 13.7. The van der Waals surface area contributed by atoms with Crippen LogP contribution in [-0.4, -0.2) is 19.8 Å². The quantitative estimate of drug-likeness (QED) is 0.918. The van der Waals surface area contributed by atoms with Gasteiger partial charge in [-0.05, 0) is 24.6 Å². The monoisotopic (exact) mass is 270 g/mol. The van der Waals surface area contributed by atoms with Crippen LogP contribution in [-0.2, 0) is 10.9 Å². The normalized spacial score (nSPS) is 19.2. The van der Waals surface area contributed by atoms with Crippen LogP contribution in [0, 0.1) is 17.2 Å². The highest BCUT2D eigenvalue weighted by Crippen LogP contribution is 2.33. The maximum Gasteiger partial charge on any atom is 0.417 e. The Morgan fingerprint density at radius 2 is 2.21 bits per heavy atom. The summed E-state index contributed by atoms with van der Waals surface area (Å²) in [5.41, 5.74) is -0.735. The van der Waals surface area contributed by atoms with Crippen LogP contribution in [0.1, 0.15) is 17.5 Å². The van der Waals surface area contributed by atoms with Crippen LogP contribution < -0.4 is 5.32 Å². The fourth-order valence-electron chi connectivity index (χ4n) is 2.00. The van der Waals surface area contributed by atoms with Crippen molar-refractivity contribution in [2.24, 2.45) is 5.92 Å².